The summed E-state index contributed by atoms with van der Waals surface area (Å²) in [5.74, 6) is 2.91. The number of carbonyl (C=O) groups excluding carboxylic acids is 1. The van der Waals surface area contributed by atoms with Crippen molar-refractivity contribution in [2.24, 2.45) is 5.92 Å². The number of piperidine rings is 1. The first kappa shape index (κ1) is 23.5. The topological polar surface area (TPSA) is 134 Å². The number of anilines is 1. The Kier molecular flexibility index (Phi) is 6.29. The molecule has 2 aliphatic rings. The third-order valence-corrected chi connectivity index (χ3v) is 7.26. The highest BCUT2D eigenvalue weighted by Crippen LogP contribution is 2.39. The Morgan fingerprint density at radius 3 is 2.62 bits per heavy atom. The minimum Gasteiger partial charge on any atom is -0.486 e. The van der Waals surface area contributed by atoms with E-state index < -0.39 is 0 Å². The van der Waals surface area contributed by atoms with E-state index in [1.54, 1.807) is 12.5 Å². The number of rotatable bonds is 7. The lowest BCUT2D eigenvalue weighted by Crippen LogP contribution is -2.32. The summed E-state index contributed by atoms with van der Waals surface area (Å²) in [6, 6.07) is 3.94. The number of nitrogen functional groups attached to an aromatic ring is 1. The fourth-order valence-electron chi connectivity index (χ4n) is 5.12. The number of imidazole rings is 1. The highest BCUT2D eigenvalue weighted by molar-refractivity contribution is 6.28. The first-order valence-electron chi connectivity index (χ1n) is 12.3. The summed E-state index contributed by atoms with van der Waals surface area (Å²) in [6.45, 7) is 3.25. The molecule has 1 aromatic carbocycles. The summed E-state index contributed by atoms with van der Waals surface area (Å²) in [5.41, 5.74) is 10.1. The van der Waals surface area contributed by atoms with Gasteiger partial charge in [-0.3, -0.25) is 4.79 Å². The van der Waals surface area contributed by atoms with Crippen LogP contribution in [0.15, 0.2) is 29.1 Å². The summed E-state index contributed by atoms with van der Waals surface area (Å²) in [4.78, 5) is 26.4. The molecule has 0 atom stereocenters. The van der Waals surface area contributed by atoms with Gasteiger partial charge in [0.05, 0.1) is 6.20 Å². The van der Waals surface area contributed by atoms with E-state index in [2.05, 4.69) is 19.7 Å². The molecular formula is C25H26ClN7O4. The van der Waals surface area contributed by atoms with Crippen molar-refractivity contribution in [2.75, 3.05) is 32.0 Å². The lowest BCUT2D eigenvalue weighted by Gasteiger charge is -2.29. The standard InChI is InChI=1S/C25H26ClN7O4/c26-25-30-23(27)22-24(31-25)33(6-3-15-1-4-32(14-34)5-2-15)21(29-22)10-16-9-19-20(36-8-7-35-19)11-18(16)17-12-28-37-13-17/h9,11-15H,1-8,10H2,(H2,27,30,31). The van der Waals surface area contributed by atoms with Gasteiger partial charge in [-0.1, -0.05) is 5.16 Å². The molecule has 0 aliphatic carbocycles. The van der Waals surface area contributed by atoms with Crippen molar-refractivity contribution in [1.29, 1.82) is 0 Å². The molecule has 0 unspecified atom stereocenters. The fraction of sp³-hybridized carbons (Fsp3) is 0.400. The van der Waals surface area contributed by atoms with Gasteiger partial charge in [-0.05, 0) is 60.0 Å². The second-order valence-corrected chi connectivity index (χ2v) is 9.68. The smallest absolute Gasteiger partial charge is 0.226 e. The van der Waals surface area contributed by atoms with Gasteiger partial charge in [-0.2, -0.15) is 9.97 Å². The van der Waals surface area contributed by atoms with Gasteiger partial charge in [-0.25, -0.2) is 4.98 Å². The SMILES string of the molecule is Nc1nc(Cl)nc2c1nc(Cc1cc3c(cc1-c1cnoc1)OCCO3)n2CCC1CCN(C=O)CC1. The predicted molar refractivity (Wildman–Crippen MR) is 135 cm³/mol. The van der Waals surface area contributed by atoms with Crippen LogP contribution in [-0.2, 0) is 17.8 Å². The van der Waals surface area contributed by atoms with E-state index in [-0.39, 0.29) is 11.1 Å². The van der Waals surface area contributed by atoms with Gasteiger partial charge in [0, 0.05) is 31.6 Å². The number of halogens is 1. The number of nitrogens with two attached hydrogens (primary N) is 1. The van der Waals surface area contributed by atoms with E-state index in [1.165, 1.54) is 0 Å². The summed E-state index contributed by atoms with van der Waals surface area (Å²) in [6.07, 6.45) is 7.55. The molecule has 1 saturated heterocycles. The number of fused-ring (bicyclic) bond motifs is 2. The third kappa shape index (κ3) is 4.66. The van der Waals surface area contributed by atoms with Gasteiger partial charge in [0.1, 0.15) is 25.3 Å². The Balaban J connectivity index is 1.37. The maximum absolute atomic E-state index is 11.1. The number of benzene rings is 1. The summed E-state index contributed by atoms with van der Waals surface area (Å²) in [7, 11) is 0. The van der Waals surface area contributed by atoms with E-state index in [0.29, 0.717) is 54.8 Å². The Labute approximate surface area is 217 Å². The van der Waals surface area contributed by atoms with Gasteiger partial charge in [0.25, 0.3) is 0 Å². The molecule has 37 heavy (non-hydrogen) atoms. The maximum Gasteiger partial charge on any atom is 0.226 e. The van der Waals surface area contributed by atoms with Crippen LogP contribution in [0.25, 0.3) is 22.3 Å². The Hall–Kier alpha value is -3.86. The molecule has 1 fully saturated rings. The lowest BCUT2D eigenvalue weighted by atomic mass is 9.94. The molecule has 0 radical (unpaired) electrons. The van der Waals surface area contributed by atoms with Crippen molar-refractivity contribution in [2.45, 2.75) is 32.2 Å². The first-order chi connectivity index (χ1) is 18.1. The molecule has 0 saturated carbocycles. The molecule has 192 valence electrons. The van der Waals surface area contributed by atoms with Crippen LogP contribution >= 0.6 is 11.6 Å². The molecular weight excluding hydrogens is 498 g/mol. The van der Waals surface area contributed by atoms with Crippen LogP contribution in [-0.4, -0.2) is 62.3 Å². The summed E-state index contributed by atoms with van der Waals surface area (Å²) in [5, 5.41) is 3.97. The Morgan fingerprint density at radius 2 is 1.89 bits per heavy atom. The van der Waals surface area contributed by atoms with Crippen molar-refractivity contribution in [1.82, 2.24) is 29.6 Å². The predicted octanol–water partition coefficient (Wildman–Crippen LogP) is 3.34. The average molecular weight is 524 g/mol. The monoisotopic (exact) mass is 523 g/mol. The number of likely N-dealkylation sites (tertiary alicyclic amines) is 1. The summed E-state index contributed by atoms with van der Waals surface area (Å²) < 4.78 is 18.9. The number of ether oxygens (including phenoxy) is 2. The minimum absolute atomic E-state index is 0.0847. The van der Waals surface area contributed by atoms with Crippen LogP contribution < -0.4 is 15.2 Å². The molecule has 2 aliphatic heterocycles. The van der Waals surface area contributed by atoms with E-state index in [4.69, 9.17) is 36.3 Å². The first-order valence-corrected chi connectivity index (χ1v) is 12.7. The highest BCUT2D eigenvalue weighted by atomic mass is 35.5. The molecule has 11 nitrogen and oxygen atoms in total. The maximum atomic E-state index is 11.1. The lowest BCUT2D eigenvalue weighted by molar-refractivity contribution is -0.119. The largest absolute Gasteiger partial charge is 0.486 e. The number of hydrogen-bond acceptors (Lipinski definition) is 9. The van der Waals surface area contributed by atoms with Crippen molar-refractivity contribution in [3.05, 3.63) is 41.3 Å². The second kappa shape index (κ2) is 9.89. The van der Waals surface area contributed by atoms with Gasteiger partial charge in [0.15, 0.2) is 28.5 Å². The number of amides is 1. The highest BCUT2D eigenvalue weighted by Gasteiger charge is 2.23. The minimum atomic E-state index is 0.0847. The average Bonchev–Trinajstić information content (AvgIpc) is 3.56. The van der Waals surface area contributed by atoms with Crippen LogP contribution in [0, 0.1) is 5.92 Å². The van der Waals surface area contributed by atoms with Crippen molar-refractivity contribution in [3.8, 4) is 22.6 Å². The van der Waals surface area contributed by atoms with Gasteiger partial charge < -0.3 is 29.2 Å². The number of carbonyl (C=O) groups is 1. The molecule has 0 bridgehead atoms. The zero-order valence-electron chi connectivity index (χ0n) is 20.1. The zero-order valence-corrected chi connectivity index (χ0v) is 20.9. The van der Waals surface area contributed by atoms with Crippen LogP contribution in [0.3, 0.4) is 0 Å². The second-order valence-electron chi connectivity index (χ2n) is 9.35. The van der Waals surface area contributed by atoms with E-state index in [0.717, 1.165) is 61.3 Å². The number of nitrogens with zero attached hydrogens (tertiary/aromatic N) is 6. The van der Waals surface area contributed by atoms with E-state index in [1.807, 2.05) is 17.0 Å². The molecule has 12 heteroatoms. The zero-order chi connectivity index (χ0) is 25.4. The van der Waals surface area contributed by atoms with Crippen LogP contribution in [0.1, 0.15) is 30.7 Å². The Bertz CT molecular complexity index is 1430. The summed E-state index contributed by atoms with van der Waals surface area (Å²) >= 11 is 6.19. The number of hydrogen-bond donors (Lipinski definition) is 1. The Morgan fingerprint density at radius 1 is 1.11 bits per heavy atom. The molecule has 5 heterocycles. The molecule has 1 amide bonds. The van der Waals surface area contributed by atoms with Crippen LogP contribution in [0.5, 0.6) is 11.5 Å². The van der Waals surface area contributed by atoms with E-state index in [9.17, 15) is 4.79 Å². The van der Waals surface area contributed by atoms with E-state index >= 15 is 0 Å². The molecule has 4 aromatic rings. The molecule has 2 N–H and O–H groups in total. The van der Waals surface area contributed by atoms with Crippen molar-refractivity contribution < 1.29 is 18.8 Å². The molecule has 6 rings (SSSR count). The van der Waals surface area contributed by atoms with Gasteiger partial charge in [0.2, 0.25) is 11.7 Å². The van der Waals surface area contributed by atoms with Gasteiger partial charge >= 0.3 is 0 Å². The van der Waals surface area contributed by atoms with Crippen LogP contribution in [0.2, 0.25) is 5.28 Å². The van der Waals surface area contributed by atoms with Gasteiger partial charge in [-0.15, -0.1) is 0 Å². The van der Waals surface area contributed by atoms with Crippen LogP contribution in [0.4, 0.5) is 5.82 Å². The number of aryl methyl sites for hydroxylation is 1. The quantitative estimate of drug-likeness (QED) is 0.286. The number of aromatic nitrogens is 5. The normalized spacial score (nSPS) is 15.9. The van der Waals surface area contributed by atoms with Crippen molar-refractivity contribution >= 4 is 35.0 Å². The molecule has 3 aromatic heterocycles. The fourth-order valence-corrected chi connectivity index (χ4v) is 5.29. The third-order valence-electron chi connectivity index (χ3n) is 7.09. The molecule has 0 spiro atoms. The van der Waals surface area contributed by atoms with Crippen molar-refractivity contribution in [3.63, 3.8) is 0 Å².